The zero-order valence-corrected chi connectivity index (χ0v) is 12.8. The van der Waals surface area contributed by atoms with Crippen LogP contribution in [0.4, 0.5) is 0 Å². The minimum atomic E-state index is -0.0986. The van der Waals surface area contributed by atoms with Crippen LogP contribution < -0.4 is 5.32 Å². The monoisotopic (exact) mass is 298 g/mol. The predicted molar refractivity (Wildman–Crippen MR) is 83.8 cm³/mol. The van der Waals surface area contributed by atoms with Gasteiger partial charge >= 0.3 is 0 Å². The highest BCUT2D eigenvalue weighted by Crippen LogP contribution is 2.38. The van der Waals surface area contributed by atoms with E-state index in [-0.39, 0.29) is 23.4 Å². The number of hydrogen-bond acceptors (Lipinski definition) is 3. The molecule has 1 unspecified atom stereocenters. The summed E-state index contributed by atoms with van der Waals surface area (Å²) in [5.41, 5.74) is 1.30. The maximum Gasteiger partial charge on any atom is 0.261 e. The summed E-state index contributed by atoms with van der Waals surface area (Å²) in [5.74, 6) is -0.197. The van der Waals surface area contributed by atoms with E-state index in [1.807, 2.05) is 12.1 Å². The topological polar surface area (TPSA) is 49.4 Å². The van der Waals surface area contributed by atoms with Gasteiger partial charge in [-0.05, 0) is 44.4 Å². The summed E-state index contributed by atoms with van der Waals surface area (Å²) in [6.07, 6.45) is 7.94. The van der Waals surface area contributed by atoms with Crippen molar-refractivity contribution < 1.29 is 9.59 Å². The smallest absolute Gasteiger partial charge is 0.261 e. The zero-order valence-electron chi connectivity index (χ0n) is 12.8. The van der Waals surface area contributed by atoms with Crippen LogP contribution >= 0.6 is 0 Å². The summed E-state index contributed by atoms with van der Waals surface area (Å²) in [7, 11) is 0. The molecule has 0 bridgehead atoms. The third-order valence-corrected chi connectivity index (χ3v) is 5.61. The van der Waals surface area contributed by atoms with Crippen LogP contribution in [0.5, 0.6) is 0 Å². The Kier molecular flexibility index (Phi) is 3.30. The quantitative estimate of drug-likeness (QED) is 0.811. The minimum Gasteiger partial charge on any atom is -0.311 e. The Labute approximate surface area is 130 Å². The number of nitrogens with zero attached hydrogens (tertiary/aromatic N) is 1. The number of imide groups is 1. The zero-order chi connectivity index (χ0) is 15.2. The molecule has 1 N–H and O–H groups in total. The van der Waals surface area contributed by atoms with Gasteiger partial charge in [0.2, 0.25) is 0 Å². The third kappa shape index (κ3) is 2.09. The second kappa shape index (κ2) is 5.20. The van der Waals surface area contributed by atoms with Gasteiger partial charge in [0.25, 0.3) is 11.8 Å². The normalized spacial score (nSPS) is 27.3. The Morgan fingerprint density at radius 1 is 1.00 bits per heavy atom. The predicted octanol–water partition coefficient (Wildman–Crippen LogP) is 2.74. The summed E-state index contributed by atoms with van der Waals surface area (Å²) in [4.78, 5) is 26.9. The maximum atomic E-state index is 12.7. The van der Waals surface area contributed by atoms with Gasteiger partial charge in [-0.2, -0.15) is 0 Å². The molecule has 4 rings (SSSR count). The van der Waals surface area contributed by atoms with E-state index in [1.165, 1.54) is 32.1 Å². The van der Waals surface area contributed by atoms with Crippen molar-refractivity contribution in [2.24, 2.45) is 0 Å². The average molecular weight is 298 g/mol. The molecule has 4 nitrogen and oxygen atoms in total. The van der Waals surface area contributed by atoms with E-state index in [0.717, 1.165) is 19.4 Å². The van der Waals surface area contributed by atoms with Crippen molar-refractivity contribution in [3.05, 3.63) is 35.4 Å². The standard InChI is InChI=1S/C18H22N2O2/c21-16-14-6-2-3-7-15(14)17(22)20(16)13-8-11-19-18(12-13)9-4-1-5-10-18/h2-3,6-7,13,19H,1,4-5,8-12H2. The van der Waals surface area contributed by atoms with E-state index in [2.05, 4.69) is 5.32 Å². The number of nitrogens with one attached hydrogen (secondary N) is 1. The number of piperidine rings is 1. The van der Waals surface area contributed by atoms with E-state index < -0.39 is 0 Å². The third-order valence-electron chi connectivity index (χ3n) is 5.61. The molecule has 1 atom stereocenters. The van der Waals surface area contributed by atoms with E-state index in [0.29, 0.717) is 11.1 Å². The fraction of sp³-hybridized carbons (Fsp3) is 0.556. The van der Waals surface area contributed by atoms with Crippen molar-refractivity contribution in [1.82, 2.24) is 10.2 Å². The van der Waals surface area contributed by atoms with Crippen molar-refractivity contribution in [2.45, 2.75) is 56.5 Å². The Bertz CT molecular complexity index is 579. The van der Waals surface area contributed by atoms with E-state index in [4.69, 9.17) is 0 Å². The van der Waals surface area contributed by atoms with Crippen molar-refractivity contribution in [1.29, 1.82) is 0 Å². The van der Waals surface area contributed by atoms with Crippen LogP contribution in [0.25, 0.3) is 0 Å². The fourth-order valence-electron chi connectivity index (χ4n) is 4.50. The highest BCUT2D eigenvalue weighted by molar-refractivity contribution is 6.21. The van der Waals surface area contributed by atoms with Crippen molar-refractivity contribution >= 4 is 11.8 Å². The molecule has 116 valence electrons. The fourth-order valence-corrected chi connectivity index (χ4v) is 4.50. The van der Waals surface area contributed by atoms with Crippen LogP contribution in [0, 0.1) is 0 Å². The van der Waals surface area contributed by atoms with Crippen molar-refractivity contribution in [3.63, 3.8) is 0 Å². The largest absolute Gasteiger partial charge is 0.311 e. The Balaban J connectivity index is 1.60. The summed E-state index contributed by atoms with van der Waals surface area (Å²) < 4.78 is 0. The lowest BCUT2D eigenvalue weighted by Gasteiger charge is -2.46. The summed E-state index contributed by atoms with van der Waals surface area (Å²) in [6.45, 7) is 0.901. The molecule has 2 aliphatic heterocycles. The molecule has 0 radical (unpaired) electrons. The Morgan fingerprint density at radius 3 is 2.27 bits per heavy atom. The van der Waals surface area contributed by atoms with E-state index in [1.54, 1.807) is 17.0 Å². The Morgan fingerprint density at radius 2 is 1.64 bits per heavy atom. The van der Waals surface area contributed by atoms with Crippen LogP contribution in [-0.2, 0) is 0 Å². The highest BCUT2D eigenvalue weighted by atomic mass is 16.2. The molecule has 1 saturated carbocycles. The van der Waals surface area contributed by atoms with Gasteiger partial charge in [0.05, 0.1) is 11.1 Å². The lowest BCUT2D eigenvalue weighted by atomic mass is 9.74. The SMILES string of the molecule is O=C1c2ccccc2C(=O)N1C1CCNC2(CCCCC2)C1. The van der Waals surface area contributed by atoms with Gasteiger partial charge in [0.15, 0.2) is 0 Å². The molecule has 2 fully saturated rings. The molecule has 4 heteroatoms. The van der Waals surface area contributed by atoms with Crippen molar-refractivity contribution in [2.75, 3.05) is 6.54 Å². The molecular weight excluding hydrogens is 276 g/mol. The van der Waals surface area contributed by atoms with Gasteiger partial charge in [0, 0.05) is 11.6 Å². The molecule has 1 aromatic rings. The molecule has 2 heterocycles. The summed E-state index contributed by atoms with van der Waals surface area (Å²) in [6, 6.07) is 7.25. The second-order valence-corrected chi connectivity index (χ2v) is 6.94. The highest BCUT2D eigenvalue weighted by Gasteiger charge is 2.45. The van der Waals surface area contributed by atoms with Gasteiger partial charge in [-0.25, -0.2) is 0 Å². The second-order valence-electron chi connectivity index (χ2n) is 6.94. The van der Waals surface area contributed by atoms with E-state index >= 15 is 0 Å². The molecule has 1 aliphatic carbocycles. The first-order valence-electron chi connectivity index (χ1n) is 8.42. The number of carbonyl (C=O) groups excluding carboxylic acids is 2. The number of benzene rings is 1. The first kappa shape index (κ1) is 13.9. The van der Waals surface area contributed by atoms with Crippen LogP contribution in [0.1, 0.15) is 65.7 Å². The first-order chi connectivity index (χ1) is 10.7. The Hall–Kier alpha value is -1.68. The number of rotatable bonds is 1. The molecule has 3 aliphatic rings. The molecule has 0 aromatic heterocycles. The summed E-state index contributed by atoms with van der Waals surface area (Å²) in [5, 5.41) is 3.69. The molecule has 2 amide bonds. The first-order valence-corrected chi connectivity index (χ1v) is 8.42. The molecule has 1 spiro atoms. The molecular formula is C18H22N2O2. The average Bonchev–Trinajstić information content (AvgIpc) is 2.80. The molecule has 1 saturated heterocycles. The van der Waals surface area contributed by atoms with Crippen molar-refractivity contribution in [3.8, 4) is 0 Å². The number of hydrogen-bond donors (Lipinski definition) is 1. The van der Waals surface area contributed by atoms with Gasteiger partial charge in [-0.15, -0.1) is 0 Å². The number of fused-ring (bicyclic) bond motifs is 1. The number of amides is 2. The lowest BCUT2D eigenvalue weighted by Crippen LogP contribution is -2.58. The molecule has 1 aromatic carbocycles. The van der Waals surface area contributed by atoms with E-state index in [9.17, 15) is 9.59 Å². The van der Waals surface area contributed by atoms with Crippen LogP contribution in [0.3, 0.4) is 0 Å². The van der Waals surface area contributed by atoms with Gasteiger partial charge in [-0.3, -0.25) is 14.5 Å². The van der Waals surface area contributed by atoms with Crippen LogP contribution in [0.2, 0.25) is 0 Å². The van der Waals surface area contributed by atoms with Gasteiger partial charge < -0.3 is 5.32 Å². The van der Waals surface area contributed by atoms with Gasteiger partial charge in [-0.1, -0.05) is 31.4 Å². The molecule has 22 heavy (non-hydrogen) atoms. The number of carbonyl (C=O) groups is 2. The minimum absolute atomic E-state index is 0.0479. The van der Waals surface area contributed by atoms with Crippen LogP contribution in [0.15, 0.2) is 24.3 Å². The van der Waals surface area contributed by atoms with Crippen LogP contribution in [-0.4, -0.2) is 34.8 Å². The lowest BCUT2D eigenvalue weighted by molar-refractivity contribution is 0.0460. The maximum absolute atomic E-state index is 12.7. The summed E-state index contributed by atoms with van der Waals surface area (Å²) >= 11 is 0. The van der Waals surface area contributed by atoms with Gasteiger partial charge in [0.1, 0.15) is 0 Å².